The van der Waals surface area contributed by atoms with E-state index in [2.05, 4.69) is 24.3 Å². The largest absolute Gasteiger partial charge is 0.385 e. The Labute approximate surface area is 125 Å². The van der Waals surface area contributed by atoms with Crippen molar-refractivity contribution < 1.29 is 9.50 Å². The summed E-state index contributed by atoms with van der Waals surface area (Å²) in [5, 5.41) is 10.9. The van der Waals surface area contributed by atoms with Gasteiger partial charge in [-0.1, -0.05) is 48.0 Å². The number of hydrogen-bond acceptors (Lipinski definition) is 1. The second-order valence-corrected chi connectivity index (χ2v) is 6.20. The summed E-state index contributed by atoms with van der Waals surface area (Å²) in [6.07, 6.45) is 3.03. The normalized spacial score (nSPS) is 25.8. The molecule has 1 N–H and O–H groups in total. The number of hydrogen-bond donors (Lipinski definition) is 1. The van der Waals surface area contributed by atoms with Crippen LogP contribution in [0, 0.1) is 12.7 Å². The molecule has 0 radical (unpaired) electrons. The van der Waals surface area contributed by atoms with Crippen LogP contribution in [0.2, 0.25) is 0 Å². The number of halogens is 1. The Morgan fingerprint density at radius 2 is 1.71 bits per heavy atom. The summed E-state index contributed by atoms with van der Waals surface area (Å²) in [7, 11) is 0. The Hall–Kier alpha value is -1.67. The van der Waals surface area contributed by atoms with Crippen LogP contribution in [-0.2, 0) is 5.60 Å². The predicted octanol–water partition coefficient (Wildman–Crippen LogP) is 4.68. The van der Waals surface area contributed by atoms with Crippen molar-refractivity contribution in [3.8, 4) is 0 Å². The fraction of sp³-hybridized carbons (Fsp3) is 0.368. The van der Waals surface area contributed by atoms with Crippen molar-refractivity contribution in [1.82, 2.24) is 0 Å². The molecule has 2 aromatic rings. The molecule has 0 atom stereocenters. The average Bonchev–Trinajstić information content (AvgIpc) is 2.51. The summed E-state index contributed by atoms with van der Waals surface area (Å²) < 4.78 is 14.1. The van der Waals surface area contributed by atoms with Crippen LogP contribution in [0.1, 0.15) is 48.3 Å². The van der Waals surface area contributed by atoms with Gasteiger partial charge in [0, 0.05) is 5.56 Å². The van der Waals surface area contributed by atoms with E-state index in [9.17, 15) is 9.50 Å². The number of rotatable bonds is 2. The molecule has 1 nitrogen and oxygen atoms in total. The maximum atomic E-state index is 14.1. The first kappa shape index (κ1) is 14.3. The molecule has 0 amide bonds. The van der Waals surface area contributed by atoms with Gasteiger partial charge in [0.25, 0.3) is 0 Å². The summed E-state index contributed by atoms with van der Waals surface area (Å²) in [5.41, 5.74) is 1.77. The van der Waals surface area contributed by atoms with E-state index in [1.54, 1.807) is 12.1 Å². The first-order chi connectivity index (χ1) is 10.1. The Morgan fingerprint density at radius 3 is 2.38 bits per heavy atom. The highest BCUT2D eigenvalue weighted by Crippen LogP contribution is 2.44. The molecule has 0 bridgehead atoms. The van der Waals surface area contributed by atoms with Gasteiger partial charge >= 0.3 is 0 Å². The fourth-order valence-electron chi connectivity index (χ4n) is 3.42. The van der Waals surface area contributed by atoms with Crippen molar-refractivity contribution in [2.75, 3.05) is 0 Å². The van der Waals surface area contributed by atoms with Gasteiger partial charge in [-0.3, -0.25) is 0 Å². The third-order valence-corrected chi connectivity index (χ3v) is 4.71. The molecule has 0 saturated heterocycles. The summed E-state index contributed by atoms with van der Waals surface area (Å²) in [4.78, 5) is 0. The van der Waals surface area contributed by atoms with Gasteiger partial charge in [0.1, 0.15) is 5.82 Å². The Kier molecular flexibility index (Phi) is 3.81. The highest BCUT2D eigenvalue weighted by Gasteiger charge is 2.37. The molecule has 1 aliphatic rings. The summed E-state index contributed by atoms with van der Waals surface area (Å²) in [6.45, 7) is 1.93. The van der Waals surface area contributed by atoms with Crippen LogP contribution in [0.5, 0.6) is 0 Å². The highest BCUT2D eigenvalue weighted by molar-refractivity contribution is 5.30. The Bertz CT molecular complexity index is 613. The molecule has 1 saturated carbocycles. The lowest BCUT2D eigenvalue weighted by Gasteiger charge is -2.37. The Balaban J connectivity index is 1.79. The van der Waals surface area contributed by atoms with Gasteiger partial charge in [0.15, 0.2) is 0 Å². The van der Waals surface area contributed by atoms with E-state index < -0.39 is 5.60 Å². The van der Waals surface area contributed by atoms with Gasteiger partial charge in [0.2, 0.25) is 0 Å². The maximum Gasteiger partial charge on any atom is 0.129 e. The van der Waals surface area contributed by atoms with Crippen molar-refractivity contribution in [3.63, 3.8) is 0 Å². The topological polar surface area (TPSA) is 20.2 Å². The molecule has 0 heterocycles. The fourth-order valence-corrected chi connectivity index (χ4v) is 3.42. The van der Waals surface area contributed by atoms with Crippen molar-refractivity contribution in [2.45, 2.75) is 44.1 Å². The molecule has 0 spiro atoms. The van der Waals surface area contributed by atoms with E-state index in [1.807, 2.05) is 13.0 Å². The summed E-state index contributed by atoms with van der Waals surface area (Å²) in [6, 6.07) is 15.4. The van der Waals surface area contributed by atoms with Crippen molar-refractivity contribution >= 4 is 0 Å². The van der Waals surface area contributed by atoms with Crippen LogP contribution in [0.3, 0.4) is 0 Å². The minimum Gasteiger partial charge on any atom is -0.385 e. The molecule has 1 fully saturated rings. The van der Waals surface area contributed by atoms with Crippen LogP contribution in [0.25, 0.3) is 0 Å². The van der Waals surface area contributed by atoms with Gasteiger partial charge in [-0.15, -0.1) is 0 Å². The van der Waals surface area contributed by atoms with Gasteiger partial charge in [-0.25, -0.2) is 4.39 Å². The second-order valence-electron chi connectivity index (χ2n) is 6.20. The maximum absolute atomic E-state index is 14.1. The minimum absolute atomic E-state index is 0.290. The molecule has 2 heteroatoms. The van der Waals surface area contributed by atoms with Crippen molar-refractivity contribution in [2.24, 2.45) is 0 Å². The number of aryl methyl sites for hydroxylation is 1. The number of aliphatic hydroxyl groups is 1. The van der Waals surface area contributed by atoms with Gasteiger partial charge in [-0.2, -0.15) is 0 Å². The highest BCUT2D eigenvalue weighted by atomic mass is 19.1. The Morgan fingerprint density at radius 1 is 1.05 bits per heavy atom. The molecule has 1 aliphatic carbocycles. The van der Waals surface area contributed by atoms with Crippen LogP contribution in [-0.4, -0.2) is 5.11 Å². The second kappa shape index (κ2) is 5.61. The predicted molar refractivity (Wildman–Crippen MR) is 82.7 cm³/mol. The van der Waals surface area contributed by atoms with E-state index in [1.165, 1.54) is 11.6 Å². The van der Waals surface area contributed by atoms with Crippen molar-refractivity contribution in [3.05, 3.63) is 71.0 Å². The van der Waals surface area contributed by atoms with E-state index in [0.717, 1.165) is 18.4 Å². The quantitative estimate of drug-likeness (QED) is 0.849. The zero-order chi connectivity index (χ0) is 14.9. The van der Waals surface area contributed by atoms with Crippen LogP contribution in [0.4, 0.5) is 4.39 Å². The van der Waals surface area contributed by atoms with Gasteiger partial charge in [0.05, 0.1) is 5.60 Å². The third-order valence-electron chi connectivity index (χ3n) is 4.71. The minimum atomic E-state index is -1.01. The summed E-state index contributed by atoms with van der Waals surface area (Å²) >= 11 is 0. The van der Waals surface area contributed by atoms with Crippen LogP contribution in [0.15, 0.2) is 48.5 Å². The lowest BCUT2D eigenvalue weighted by molar-refractivity contribution is -0.00873. The number of benzene rings is 2. The smallest absolute Gasteiger partial charge is 0.129 e. The van der Waals surface area contributed by atoms with Gasteiger partial charge < -0.3 is 5.11 Å². The van der Waals surface area contributed by atoms with Crippen molar-refractivity contribution in [1.29, 1.82) is 0 Å². The molecule has 3 rings (SSSR count). The third kappa shape index (κ3) is 2.86. The van der Waals surface area contributed by atoms with Gasteiger partial charge in [-0.05, 0) is 50.2 Å². The average molecular weight is 284 g/mol. The van der Waals surface area contributed by atoms with Crippen LogP contribution < -0.4 is 0 Å². The van der Waals surface area contributed by atoms with E-state index >= 15 is 0 Å². The monoisotopic (exact) mass is 284 g/mol. The molecular formula is C19H21FO. The first-order valence-corrected chi connectivity index (χ1v) is 7.62. The lowest BCUT2D eigenvalue weighted by atomic mass is 9.73. The van der Waals surface area contributed by atoms with E-state index in [-0.39, 0.29) is 5.82 Å². The van der Waals surface area contributed by atoms with E-state index in [4.69, 9.17) is 0 Å². The molecule has 0 aliphatic heterocycles. The molecule has 110 valence electrons. The molecule has 0 aromatic heterocycles. The molecule has 2 aromatic carbocycles. The van der Waals surface area contributed by atoms with E-state index in [0.29, 0.717) is 24.3 Å². The molecule has 21 heavy (non-hydrogen) atoms. The lowest BCUT2D eigenvalue weighted by Crippen LogP contribution is -2.32. The summed E-state index contributed by atoms with van der Waals surface area (Å²) in [5.74, 6) is 0.181. The molecular weight excluding hydrogens is 263 g/mol. The van der Waals surface area contributed by atoms with Crippen LogP contribution >= 0.6 is 0 Å². The first-order valence-electron chi connectivity index (χ1n) is 7.62. The SMILES string of the molecule is Cc1ccc(F)c(C2(O)CCC(c3ccccc3)CC2)c1. The zero-order valence-corrected chi connectivity index (χ0v) is 12.3. The molecule has 0 unspecified atom stereocenters. The standard InChI is InChI=1S/C19H21FO/c1-14-7-8-18(20)17(13-14)19(21)11-9-16(10-12-19)15-5-3-2-4-6-15/h2-8,13,16,21H,9-12H2,1H3. The zero-order valence-electron chi connectivity index (χ0n) is 12.3.